The van der Waals surface area contributed by atoms with Gasteiger partial charge in [-0.05, 0) is 31.2 Å². The smallest absolute Gasteiger partial charge is 0.271 e. The average molecular weight is 320 g/mol. The van der Waals surface area contributed by atoms with E-state index >= 15 is 0 Å². The maximum Gasteiger partial charge on any atom is 0.271 e. The van der Waals surface area contributed by atoms with Crippen LogP contribution in [0.2, 0.25) is 0 Å². The van der Waals surface area contributed by atoms with Crippen molar-refractivity contribution in [2.75, 3.05) is 5.01 Å². The number of hydrazone groups is 2. The van der Waals surface area contributed by atoms with E-state index in [1.54, 1.807) is 31.2 Å². The Kier molecular flexibility index (Phi) is 4.47. The Morgan fingerprint density at radius 1 is 1.12 bits per heavy atom. The molecular formula is C18H16N4O2. The lowest BCUT2D eigenvalue weighted by Crippen LogP contribution is -2.29. The highest BCUT2D eigenvalue weighted by Crippen LogP contribution is 2.22. The van der Waals surface area contributed by atoms with Crippen LogP contribution in [0.4, 0.5) is 5.69 Å². The van der Waals surface area contributed by atoms with Crippen LogP contribution in [0.1, 0.15) is 17.3 Å². The van der Waals surface area contributed by atoms with Crippen molar-refractivity contribution in [3.8, 4) is 0 Å². The maximum absolute atomic E-state index is 12.5. The predicted octanol–water partition coefficient (Wildman–Crippen LogP) is 2.44. The number of nitrogens with zero attached hydrogens (tertiary/aromatic N) is 3. The quantitative estimate of drug-likeness (QED) is 0.694. The molecule has 1 heterocycles. The molecule has 0 aromatic heterocycles. The molecule has 0 spiro atoms. The summed E-state index contributed by atoms with van der Waals surface area (Å²) in [6.45, 7) is 1.76. The highest BCUT2D eigenvalue weighted by molar-refractivity contribution is 6.23. The van der Waals surface area contributed by atoms with E-state index < -0.39 is 5.92 Å². The zero-order valence-electron chi connectivity index (χ0n) is 13.1. The van der Waals surface area contributed by atoms with Crippen molar-refractivity contribution >= 4 is 29.4 Å². The Morgan fingerprint density at radius 2 is 1.75 bits per heavy atom. The molecule has 3 rings (SSSR count). The number of nitrogens with one attached hydrogen (secondary N) is 1. The normalized spacial score (nSPS) is 17.2. The molecule has 2 amide bonds. The number of benzene rings is 2. The standard InChI is InChI=1S/C18H16N4O2/c1-13-16(12-19-20-17(23)14-8-4-2-5-9-14)18(24)22(21-13)15-10-6-3-7-11-15/h2-12,16H,1H3,(H,20,23)/b19-12-/t16-/m0/s1. The van der Waals surface area contributed by atoms with Gasteiger partial charge in [-0.25, -0.2) is 5.43 Å². The molecule has 1 aliphatic rings. The van der Waals surface area contributed by atoms with Gasteiger partial charge in [0.25, 0.3) is 11.8 Å². The van der Waals surface area contributed by atoms with Crippen LogP contribution < -0.4 is 10.4 Å². The van der Waals surface area contributed by atoms with E-state index in [2.05, 4.69) is 15.6 Å². The molecular weight excluding hydrogens is 304 g/mol. The molecule has 0 fully saturated rings. The average Bonchev–Trinajstić information content (AvgIpc) is 2.91. The summed E-state index contributed by atoms with van der Waals surface area (Å²) in [6.07, 6.45) is 1.41. The van der Waals surface area contributed by atoms with Gasteiger partial charge in [-0.3, -0.25) is 9.59 Å². The molecule has 0 bridgehead atoms. The summed E-state index contributed by atoms with van der Waals surface area (Å²) < 4.78 is 0. The SMILES string of the molecule is CC1=NN(c2ccccc2)C(=O)[C@H]1/C=N\NC(=O)c1ccccc1. The van der Waals surface area contributed by atoms with Crippen molar-refractivity contribution in [2.24, 2.45) is 16.1 Å². The Balaban J connectivity index is 1.67. The summed E-state index contributed by atoms with van der Waals surface area (Å²) in [7, 11) is 0. The van der Waals surface area contributed by atoms with E-state index in [1.165, 1.54) is 11.2 Å². The summed E-state index contributed by atoms with van der Waals surface area (Å²) in [5.74, 6) is -1.11. The molecule has 0 saturated heterocycles. The first-order valence-corrected chi connectivity index (χ1v) is 7.49. The Hall–Kier alpha value is -3.28. The van der Waals surface area contributed by atoms with E-state index in [9.17, 15) is 9.59 Å². The molecule has 6 heteroatoms. The van der Waals surface area contributed by atoms with Gasteiger partial charge in [0, 0.05) is 11.8 Å². The maximum atomic E-state index is 12.5. The monoisotopic (exact) mass is 320 g/mol. The van der Waals surface area contributed by atoms with Crippen LogP contribution in [0.15, 0.2) is 70.9 Å². The number of rotatable bonds is 4. The van der Waals surface area contributed by atoms with Gasteiger partial charge in [0.15, 0.2) is 0 Å². The van der Waals surface area contributed by atoms with Gasteiger partial charge < -0.3 is 0 Å². The third-order valence-electron chi connectivity index (χ3n) is 3.61. The number of hydrogen-bond acceptors (Lipinski definition) is 4. The molecule has 24 heavy (non-hydrogen) atoms. The van der Waals surface area contributed by atoms with Crippen molar-refractivity contribution in [3.63, 3.8) is 0 Å². The highest BCUT2D eigenvalue weighted by Gasteiger charge is 2.33. The summed E-state index contributed by atoms with van der Waals surface area (Å²) in [5.41, 5.74) is 4.26. The molecule has 1 atom stereocenters. The van der Waals surface area contributed by atoms with E-state index in [0.29, 0.717) is 17.0 Å². The summed E-state index contributed by atoms with van der Waals surface area (Å²) in [6, 6.07) is 17.9. The molecule has 1 aliphatic heterocycles. The second-order valence-corrected chi connectivity index (χ2v) is 5.29. The first kappa shape index (κ1) is 15.6. The zero-order chi connectivity index (χ0) is 16.9. The van der Waals surface area contributed by atoms with Crippen molar-refractivity contribution in [1.82, 2.24) is 5.43 Å². The first-order valence-electron chi connectivity index (χ1n) is 7.49. The van der Waals surface area contributed by atoms with Crippen LogP contribution in [-0.2, 0) is 4.79 Å². The summed E-state index contributed by atoms with van der Waals surface area (Å²) >= 11 is 0. The molecule has 0 aliphatic carbocycles. The number of hydrogen-bond donors (Lipinski definition) is 1. The number of carbonyl (C=O) groups is 2. The lowest BCUT2D eigenvalue weighted by molar-refractivity contribution is -0.118. The number of para-hydroxylation sites is 1. The van der Waals surface area contributed by atoms with E-state index in [1.807, 2.05) is 36.4 Å². The third-order valence-corrected chi connectivity index (χ3v) is 3.61. The third kappa shape index (κ3) is 3.22. The topological polar surface area (TPSA) is 74.1 Å². The van der Waals surface area contributed by atoms with Gasteiger partial charge in [0.05, 0.1) is 11.4 Å². The van der Waals surface area contributed by atoms with Crippen molar-refractivity contribution in [3.05, 3.63) is 66.2 Å². The molecule has 2 aromatic carbocycles. The lowest BCUT2D eigenvalue weighted by Gasteiger charge is -2.12. The minimum Gasteiger partial charge on any atom is -0.271 e. The second-order valence-electron chi connectivity index (χ2n) is 5.29. The van der Waals surface area contributed by atoms with E-state index in [0.717, 1.165) is 0 Å². The van der Waals surface area contributed by atoms with E-state index in [-0.39, 0.29) is 11.8 Å². The van der Waals surface area contributed by atoms with Gasteiger partial charge in [-0.15, -0.1) is 0 Å². The van der Waals surface area contributed by atoms with Crippen LogP contribution in [-0.4, -0.2) is 23.7 Å². The fourth-order valence-corrected chi connectivity index (χ4v) is 2.33. The van der Waals surface area contributed by atoms with Crippen LogP contribution in [0.5, 0.6) is 0 Å². The Morgan fingerprint density at radius 3 is 2.42 bits per heavy atom. The van der Waals surface area contributed by atoms with Gasteiger partial charge in [0.1, 0.15) is 5.92 Å². The lowest BCUT2D eigenvalue weighted by atomic mass is 10.1. The fraction of sp³-hybridized carbons (Fsp3) is 0.111. The molecule has 2 aromatic rings. The van der Waals surface area contributed by atoms with Crippen LogP contribution in [0.25, 0.3) is 0 Å². The van der Waals surface area contributed by atoms with Crippen molar-refractivity contribution in [1.29, 1.82) is 0 Å². The van der Waals surface area contributed by atoms with Gasteiger partial charge in [-0.1, -0.05) is 36.4 Å². The minimum absolute atomic E-state index is 0.198. The van der Waals surface area contributed by atoms with Crippen LogP contribution in [0.3, 0.4) is 0 Å². The van der Waals surface area contributed by atoms with Gasteiger partial charge >= 0.3 is 0 Å². The Bertz CT molecular complexity index is 800. The molecule has 6 nitrogen and oxygen atoms in total. The summed E-state index contributed by atoms with van der Waals surface area (Å²) in [5, 5.41) is 9.53. The highest BCUT2D eigenvalue weighted by atomic mass is 16.2. The second kappa shape index (κ2) is 6.87. The number of amides is 2. The van der Waals surface area contributed by atoms with Gasteiger partial charge in [0.2, 0.25) is 0 Å². The van der Waals surface area contributed by atoms with Crippen molar-refractivity contribution < 1.29 is 9.59 Å². The van der Waals surface area contributed by atoms with Crippen molar-refractivity contribution in [2.45, 2.75) is 6.92 Å². The number of anilines is 1. The molecule has 0 unspecified atom stereocenters. The molecule has 0 radical (unpaired) electrons. The largest absolute Gasteiger partial charge is 0.271 e. The van der Waals surface area contributed by atoms with Crippen LogP contribution in [0, 0.1) is 5.92 Å². The minimum atomic E-state index is -0.582. The number of carbonyl (C=O) groups excluding carboxylic acids is 2. The predicted molar refractivity (Wildman–Crippen MR) is 92.9 cm³/mol. The van der Waals surface area contributed by atoms with E-state index in [4.69, 9.17) is 0 Å². The molecule has 120 valence electrons. The first-order chi connectivity index (χ1) is 11.7. The molecule has 1 N–H and O–H groups in total. The zero-order valence-corrected chi connectivity index (χ0v) is 13.1. The molecule has 0 saturated carbocycles. The fourth-order valence-electron chi connectivity index (χ4n) is 2.33. The van der Waals surface area contributed by atoms with Gasteiger partial charge in [-0.2, -0.15) is 15.2 Å². The summed E-state index contributed by atoms with van der Waals surface area (Å²) in [4.78, 5) is 24.4. The van der Waals surface area contributed by atoms with Crippen LogP contribution >= 0.6 is 0 Å². The Labute approximate surface area is 139 Å².